The molecule has 41 heavy (non-hydrogen) atoms. The Kier molecular flexibility index (Phi) is 10.5. The molecule has 0 fully saturated rings. The molecule has 0 radical (unpaired) electrons. The lowest BCUT2D eigenvalue weighted by Crippen LogP contribution is -2.20. The summed E-state index contributed by atoms with van der Waals surface area (Å²) in [7, 11) is 0. The van der Waals surface area contributed by atoms with Crippen molar-refractivity contribution in [1.29, 1.82) is 0 Å². The molecular formula is C32H37Cl2N3O4. The van der Waals surface area contributed by atoms with Gasteiger partial charge in [0.2, 0.25) is 5.91 Å². The average molecular weight is 599 g/mol. The largest absolute Gasteiger partial charge is 0.507 e. The highest BCUT2D eigenvalue weighted by Crippen LogP contribution is 2.40. The van der Waals surface area contributed by atoms with Gasteiger partial charge in [0.25, 0.3) is 5.91 Å². The van der Waals surface area contributed by atoms with Crippen LogP contribution in [0.1, 0.15) is 70.2 Å². The van der Waals surface area contributed by atoms with Crippen LogP contribution in [-0.4, -0.2) is 29.7 Å². The summed E-state index contributed by atoms with van der Waals surface area (Å²) in [5.74, 6) is 0.282. The fourth-order valence-electron chi connectivity index (χ4n) is 4.04. The predicted octanol–water partition coefficient (Wildman–Crippen LogP) is 7.39. The standard InChI is InChI=1S/C32H37Cl2N3O4/c1-31(2,3)24-15-21(16-25(30(24)40)32(4,5)6)9-14-28(38)37-35-18-20-7-11-23(12-8-20)41-19-29(39)36-22-10-13-26(33)27(34)17-22/h7-8,10-13,15-18,40H,9,14,19H2,1-6H3,(H,36,39)(H,37,38)/b35-18-. The Morgan fingerprint density at radius 1 is 0.878 bits per heavy atom. The Labute approximate surface area is 251 Å². The summed E-state index contributed by atoms with van der Waals surface area (Å²) < 4.78 is 5.53. The van der Waals surface area contributed by atoms with Gasteiger partial charge in [0.15, 0.2) is 6.61 Å². The van der Waals surface area contributed by atoms with Crippen LogP contribution in [0.4, 0.5) is 5.69 Å². The molecule has 0 aliphatic carbocycles. The van der Waals surface area contributed by atoms with Gasteiger partial charge < -0.3 is 15.2 Å². The number of amides is 2. The predicted molar refractivity (Wildman–Crippen MR) is 167 cm³/mol. The second-order valence-corrected chi connectivity index (χ2v) is 12.7. The van der Waals surface area contributed by atoms with Gasteiger partial charge in [-0.3, -0.25) is 9.59 Å². The van der Waals surface area contributed by atoms with Gasteiger partial charge in [-0.05, 0) is 82.0 Å². The number of ether oxygens (including phenoxy) is 1. The third kappa shape index (κ3) is 9.51. The summed E-state index contributed by atoms with van der Waals surface area (Å²) in [5, 5.41) is 18.4. The first-order valence-electron chi connectivity index (χ1n) is 13.3. The van der Waals surface area contributed by atoms with Crippen molar-refractivity contribution in [3.8, 4) is 11.5 Å². The zero-order valence-electron chi connectivity index (χ0n) is 24.3. The molecule has 0 atom stereocenters. The number of carbonyl (C=O) groups is 2. The highest BCUT2D eigenvalue weighted by molar-refractivity contribution is 6.42. The van der Waals surface area contributed by atoms with E-state index >= 15 is 0 Å². The van der Waals surface area contributed by atoms with Crippen molar-refractivity contribution in [3.63, 3.8) is 0 Å². The summed E-state index contributed by atoms with van der Waals surface area (Å²) in [4.78, 5) is 24.6. The molecule has 0 saturated heterocycles. The number of hydrazone groups is 1. The molecule has 2 amide bonds. The number of carbonyl (C=O) groups excluding carboxylic acids is 2. The van der Waals surface area contributed by atoms with Crippen molar-refractivity contribution in [1.82, 2.24) is 5.43 Å². The number of rotatable bonds is 9. The monoisotopic (exact) mass is 597 g/mol. The molecule has 7 nitrogen and oxygen atoms in total. The Hall–Kier alpha value is -3.55. The molecule has 0 aliphatic rings. The van der Waals surface area contributed by atoms with Gasteiger partial charge in [-0.25, -0.2) is 5.43 Å². The highest BCUT2D eigenvalue weighted by Gasteiger charge is 2.26. The fraction of sp³-hybridized carbons (Fsp3) is 0.344. The summed E-state index contributed by atoms with van der Waals surface area (Å²) in [6, 6.07) is 15.7. The topological polar surface area (TPSA) is 100 Å². The minimum absolute atomic E-state index is 0.181. The number of nitrogens with zero attached hydrogens (tertiary/aromatic N) is 1. The maximum absolute atomic E-state index is 12.5. The van der Waals surface area contributed by atoms with Crippen LogP contribution in [0, 0.1) is 0 Å². The number of nitrogens with one attached hydrogen (secondary N) is 2. The molecule has 0 heterocycles. The van der Waals surface area contributed by atoms with E-state index in [0.29, 0.717) is 33.7 Å². The van der Waals surface area contributed by atoms with Crippen molar-refractivity contribution in [2.75, 3.05) is 11.9 Å². The number of phenols is 1. The number of aryl methyl sites for hydroxylation is 1. The number of hydrogen-bond acceptors (Lipinski definition) is 5. The molecule has 0 aromatic heterocycles. The summed E-state index contributed by atoms with van der Waals surface area (Å²) in [5.41, 5.74) is 6.12. The van der Waals surface area contributed by atoms with Gasteiger partial charge >= 0.3 is 0 Å². The molecule has 0 unspecified atom stereocenters. The van der Waals surface area contributed by atoms with Crippen LogP contribution < -0.4 is 15.5 Å². The van der Waals surface area contributed by atoms with Crippen molar-refractivity contribution >= 4 is 46.9 Å². The molecule has 3 aromatic carbocycles. The highest BCUT2D eigenvalue weighted by atomic mass is 35.5. The van der Waals surface area contributed by atoms with E-state index in [2.05, 4.69) is 57.4 Å². The molecule has 0 saturated carbocycles. The Balaban J connectivity index is 1.50. The van der Waals surface area contributed by atoms with Gasteiger partial charge in [0.05, 0.1) is 16.3 Å². The molecular weight excluding hydrogens is 561 g/mol. The molecule has 0 aliphatic heterocycles. The van der Waals surface area contributed by atoms with Gasteiger partial charge in [-0.2, -0.15) is 5.10 Å². The number of benzene rings is 3. The van der Waals surface area contributed by atoms with Crippen molar-refractivity contribution in [2.45, 2.75) is 65.2 Å². The first-order valence-corrected chi connectivity index (χ1v) is 14.1. The zero-order chi connectivity index (χ0) is 30.4. The van der Waals surface area contributed by atoms with Gasteiger partial charge in [0.1, 0.15) is 11.5 Å². The van der Waals surface area contributed by atoms with Crippen molar-refractivity contribution in [3.05, 3.63) is 86.9 Å². The molecule has 3 aromatic rings. The molecule has 3 N–H and O–H groups in total. The third-order valence-corrected chi connectivity index (χ3v) is 7.02. The first kappa shape index (κ1) is 32.0. The van der Waals surface area contributed by atoms with Crippen LogP contribution in [0.3, 0.4) is 0 Å². The van der Waals surface area contributed by atoms with Gasteiger partial charge in [-0.15, -0.1) is 0 Å². The summed E-state index contributed by atoms with van der Waals surface area (Å²) >= 11 is 11.9. The third-order valence-electron chi connectivity index (χ3n) is 6.28. The maximum Gasteiger partial charge on any atom is 0.262 e. The SMILES string of the molecule is CC(C)(C)c1cc(CCC(=O)N/N=C\c2ccc(OCC(=O)Nc3ccc(Cl)c(Cl)c3)cc2)cc(C(C)(C)C)c1O. The van der Waals surface area contributed by atoms with E-state index in [9.17, 15) is 14.7 Å². The smallest absolute Gasteiger partial charge is 0.262 e. The number of halogens is 2. The molecule has 218 valence electrons. The van der Waals surface area contributed by atoms with E-state index < -0.39 is 0 Å². The van der Waals surface area contributed by atoms with Crippen molar-refractivity contribution in [2.24, 2.45) is 5.10 Å². The number of hydrogen-bond donors (Lipinski definition) is 3. The van der Waals surface area contributed by atoms with E-state index in [1.807, 2.05) is 12.1 Å². The molecule has 0 spiro atoms. The minimum Gasteiger partial charge on any atom is -0.507 e. The van der Waals surface area contributed by atoms with E-state index in [0.717, 1.165) is 22.3 Å². The number of phenolic OH excluding ortho intramolecular Hbond substituents is 1. The Morgan fingerprint density at radius 3 is 2.05 bits per heavy atom. The first-order chi connectivity index (χ1) is 19.1. The van der Waals surface area contributed by atoms with E-state index in [-0.39, 0.29) is 35.7 Å². The molecule has 0 bridgehead atoms. The lowest BCUT2D eigenvalue weighted by molar-refractivity contribution is -0.121. The Morgan fingerprint density at radius 2 is 1.49 bits per heavy atom. The second kappa shape index (κ2) is 13.4. The minimum atomic E-state index is -0.340. The number of aromatic hydroxyl groups is 1. The van der Waals surface area contributed by atoms with Gasteiger partial charge in [-0.1, -0.05) is 76.9 Å². The quantitative estimate of drug-likeness (QED) is 0.177. The lowest BCUT2D eigenvalue weighted by Gasteiger charge is -2.28. The Bertz CT molecular complexity index is 1390. The van der Waals surface area contributed by atoms with Gasteiger partial charge in [0, 0.05) is 12.1 Å². The van der Waals surface area contributed by atoms with Crippen LogP contribution in [-0.2, 0) is 26.8 Å². The zero-order valence-corrected chi connectivity index (χ0v) is 25.8. The lowest BCUT2D eigenvalue weighted by atomic mass is 9.78. The van der Waals surface area contributed by atoms with Crippen LogP contribution in [0.2, 0.25) is 10.0 Å². The normalized spacial score (nSPS) is 11.9. The summed E-state index contributed by atoms with van der Waals surface area (Å²) in [6.07, 6.45) is 2.32. The van der Waals surface area contributed by atoms with E-state index in [4.69, 9.17) is 27.9 Å². The average Bonchev–Trinajstić information content (AvgIpc) is 2.88. The second-order valence-electron chi connectivity index (χ2n) is 11.9. The fourth-order valence-corrected chi connectivity index (χ4v) is 4.34. The van der Waals surface area contributed by atoms with E-state index in [1.165, 1.54) is 6.21 Å². The molecule has 3 rings (SSSR count). The number of anilines is 1. The molecule has 9 heteroatoms. The van der Waals surface area contributed by atoms with Crippen LogP contribution in [0.5, 0.6) is 11.5 Å². The van der Waals surface area contributed by atoms with Crippen molar-refractivity contribution < 1.29 is 19.4 Å². The van der Waals surface area contributed by atoms with Crippen LogP contribution >= 0.6 is 23.2 Å². The van der Waals surface area contributed by atoms with E-state index in [1.54, 1.807) is 42.5 Å². The maximum atomic E-state index is 12.5. The van der Waals surface area contributed by atoms with Crippen LogP contribution in [0.15, 0.2) is 59.7 Å². The van der Waals surface area contributed by atoms with Crippen LogP contribution in [0.25, 0.3) is 0 Å². The summed E-state index contributed by atoms with van der Waals surface area (Å²) in [6.45, 7) is 12.2.